The zero-order valence-electron chi connectivity index (χ0n) is 11.5. The van der Waals surface area contributed by atoms with Gasteiger partial charge in [-0.1, -0.05) is 18.2 Å². The third-order valence-corrected chi connectivity index (χ3v) is 2.93. The van der Waals surface area contributed by atoms with E-state index in [0.717, 1.165) is 22.6 Å². The molecule has 0 aliphatic carbocycles. The van der Waals surface area contributed by atoms with Crippen LogP contribution in [0.1, 0.15) is 24.1 Å². The van der Waals surface area contributed by atoms with Crippen LogP contribution in [0.5, 0.6) is 17.2 Å². The highest BCUT2D eigenvalue weighted by atomic mass is 16.5. The SMILES string of the molecule is COc1cc(C)ccc1Oc1cccc(C(C)N)c1. The van der Waals surface area contributed by atoms with Gasteiger partial charge in [-0.3, -0.25) is 0 Å². The summed E-state index contributed by atoms with van der Waals surface area (Å²) in [6.45, 7) is 3.97. The summed E-state index contributed by atoms with van der Waals surface area (Å²) in [6.07, 6.45) is 0. The average molecular weight is 257 g/mol. The Hall–Kier alpha value is -2.00. The van der Waals surface area contributed by atoms with E-state index in [2.05, 4.69) is 0 Å². The molecule has 0 spiro atoms. The second-order valence-electron chi connectivity index (χ2n) is 4.62. The van der Waals surface area contributed by atoms with Crippen LogP contribution in [0.25, 0.3) is 0 Å². The van der Waals surface area contributed by atoms with E-state index >= 15 is 0 Å². The summed E-state index contributed by atoms with van der Waals surface area (Å²) < 4.78 is 11.2. The van der Waals surface area contributed by atoms with E-state index in [0.29, 0.717) is 5.75 Å². The largest absolute Gasteiger partial charge is 0.493 e. The van der Waals surface area contributed by atoms with E-state index in [1.54, 1.807) is 7.11 Å². The van der Waals surface area contributed by atoms with Gasteiger partial charge in [0.05, 0.1) is 7.11 Å². The lowest BCUT2D eigenvalue weighted by atomic mass is 10.1. The van der Waals surface area contributed by atoms with Crippen molar-refractivity contribution in [2.24, 2.45) is 5.73 Å². The zero-order chi connectivity index (χ0) is 13.8. The molecule has 0 amide bonds. The Balaban J connectivity index is 2.28. The van der Waals surface area contributed by atoms with Crippen molar-refractivity contribution in [1.29, 1.82) is 0 Å². The van der Waals surface area contributed by atoms with Gasteiger partial charge in [-0.25, -0.2) is 0 Å². The van der Waals surface area contributed by atoms with Crippen LogP contribution in [-0.2, 0) is 0 Å². The van der Waals surface area contributed by atoms with Crippen LogP contribution in [0.4, 0.5) is 0 Å². The number of methoxy groups -OCH3 is 1. The Morgan fingerprint density at radius 3 is 2.53 bits per heavy atom. The van der Waals surface area contributed by atoms with E-state index in [-0.39, 0.29) is 6.04 Å². The van der Waals surface area contributed by atoms with E-state index in [1.165, 1.54) is 0 Å². The smallest absolute Gasteiger partial charge is 0.169 e. The Bertz CT molecular complexity index is 564. The van der Waals surface area contributed by atoms with Crippen molar-refractivity contribution in [3.05, 3.63) is 53.6 Å². The fraction of sp³-hybridized carbons (Fsp3) is 0.250. The third kappa shape index (κ3) is 3.26. The van der Waals surface area contributed by atoms with Gasteiger partial charge in [-0.15, -0.1) is 0 Å². The number of ether oxygens (including phenoxy) is 2. The summed E-state index contributed by atoms with van der Waals surface area (Å²) in [5.41, 5.74) is 8.05. The summed E-state index contributed by atoms with van der Waals surface area (Å²) in [4.78, 5) is 0. The highest BCUT2D eigenvalue weighted by Gasteiger charge is 2.07. The summed E-state index contributed by atoms with van der Waals surface area (Å²) in [5, 5.41) is 0. The fourth-order valence-corrected chi connectivity index (χ4v) is 1.85. The molecule has 0 heterocycles. The molecule has 0 fully saturated rings. The molecule has 1 unspecified atom stereocenters. The summed E-state index contributed by atoms with van der Waals surface area (Å²) in [7, 11) is 1.64. The molecule has 0 saturated carbocycles. The van der Waals surface area contributed by atoms with E-state index in [1.807, 2.05) is 56.3 Å². The third-order valence-electron chi connectivity index (χ3n) is 2.93. The van der Waals surface area contributed by atoms with Crippen LogP contribution in [0.2, 0.25) is 0 Å². The van der Waals surface area contributed by atoms with Gasteiger partial charge >= 0.3 is 0 Å². The number of hydrogen-bond donors (Lipinski definition) is 1. The van der Waals surface area contributed by atoms with Crippen molar-refractivity contribution in [1.82, 2.24) is 0 Å². The van der Waals surface area contributed by atoms with Crippen molar-refractivity contribution >= 4 is 0 Å². The first kappa shape index (κ1) is 13.4. The average Bonchev–Trinajstić information content (AvgIpc) is 2.41. The number of hydrogen-bond acceptors (Lipinski definition) is 3. The van der Waals surface area contributed by atoms with Gasteiger partial charge in [0.1, 0.15) is 5.75 Å². The minimum atomic E-state index is -0.0107. The predicted octanol–water partition coefficient (Wildman–Crippen LogP) is 3.82. The van der Waals surface area contributed by atoms with Crippen molar-refractivity contribution in [3.8, 4) is 17.2 Å². The van der Waals surface area contributed by atoms with Gasteiger partial charge in [0.15, 0.2) is 11.5 Å². The second-order valence-corrected chi connectivity index (χ2v) is 4.62. The van der Waals surface area contributed by atoms with Gasteiger partial charge in [0.2, 0.25) is 0 Å². The van der Waals surface area contributed by atoms with Gasteiger partial charge in [0.25, 0.3) is 0 Å². The Morgan fingerprint density at radius 1 is 1.05 bits per heavy atom. The minimum Gasteiger partial charge on any atom is -0.493 e. The lowest BCUT2D eigenvalue weighted by Gasteiger charge is -2.12. The highest BCUT2D eigenvalue weighted by Crippen LogP contribution is 2.32. The number of nitrogens with two attached hydrogens (primary N) is 1. The zero-order valence-corrected chi connectivity index (χ0v) is 11.5. The van der Waals surface area contributed by atoms with Crippen LogP contribution in [0.3, 0.4) is 0 Å². The maximum atomic E-state index is 5.87. The predicted molar refractivity (Wildman–Crippen MR) is 76.8 cm³/mol. The van der Waals surface area contributed by atoms with Crippen molar-refractivity contribution < 1.29 is 9.47 Å². The first-order valence-corrected chi connectivity index (χ1v) is 6.28. The van der Waals surface area contributed by atoms with Crippen LogP contribution in [0.15, 0.2) is 42.5 Å². The Morgan fingerprint density at radius 2 is 1.84 bits per heavy atom. The first-order valence-electron chi connectivity index (χ1n) is 6.28. The van der Waals surface area contributed by atoms with Gasteiger partial charge < -0.3 is 15.2 Å². The Kier molecular flexibility index (Phi) is 4.07. The molecule has 2 aromatic rings. The molecule has 0 bridgehead atoms. The number of rotatable bonds is 4. The van der Waals surface area contributed by atoms with E-state index in [4.69, 9.17) is 15.2 Å². The normalized spacial score (nSPS) is 12.0. The van der Waals surface area contributed by atoms with Crippen molar-refractivity contribution in [3.63, 3.8) is 0 Å². The molecule has 2 aromatic carbocycles. The maximum absolute atomic E-state index is 5.87. The fourth-order valence-electron chi connectivity index (χ4n) is 1.85. The maximum Gasteiger partial charge on any atom is 0.169 e. The molecule has 0 aliphatic heterocycles. The molecule has 2 rings (SSSR count). The van der Waals surface area contributed by atoms with Gasteiger partial charge in [-0.05, 0) is 49.2 Å². The molecule has 2 N–H and O–H groups in total. The Labute approximate surface area is 114 Å². The first-order chi connectivity index (χ1) is 9.10. The molecule has 0 aliphatic rings. The second kappa shape index (κ2) is 5.76. The molecule has 19 heavy (non-hydrogen) atoms. The molecule has 3 nitrogen and oxygen atoms in total. The van der Waals surface area contributed by atoms with Crippen LogP contribution >= 0.6 is 0 Å². The summed E-state index contributed by atoms with van der Waals surface area (Å²) in [5.74, 6) is 2.19. The van der Waals surface area contributed by atoms with E-state index in [9.17, 15) is 0 Å². The van der Waals surface area contributed by atoms with Crippen molar-refractivity contribution in [2.45, 2.75) is 19.9 Å². The molecule has 1 atom stereocenters. The summed E-state index contributed by atoms with van der Waals surface area (Å²) >= 11 is 0. The topological polar surface area (TPSA) is 44.5 Å². The molecular formula is C16H19NO2. The lowest BCUT2D eigenvalue weighted by Crippen LogP contribution is -2.04. The van der Waals surface area contributed by atoms with Crippen LogP contribution < -0.4 is 15.2 Å². The number of benzene rings is 2. The lowest BCUT2D eigenvalue weighted by molar-refractivity contribution is 0.378. The molecule has 3 heteroatoms. The number of aryl methyl sites for hydroxylation is 1. The van der Waals surface area contributed by atoms with Crippen LogP contribution in [-0.4, -0.2) is 7.11 Å². The molecule has 100 valence electrons. The molecule has 0 aromatic heterocycles. The monoisotopic (exact) mass is 257 g/mol. The standard InChI is InChI=1S/C16H19NO2/c1-11-7-8-15(16(9-11)18-3)19-14-6-4-5-13(10-14)12(2)17/h4-10,12H,17H2,1-3H3. The van der Waals surface area contributed by atoms with E-state index < -0.39 is 0 Å². The molecular weight excluding hydrogens is 238 g/mol. The van der Waals surface area contributed by atoms with Gasteiger partial charge in [0, 0.05) is 6.04 Å². The minimum absolute atomic E-state index is 0.0107. The quantitative estimate of drug-likeness (QED) is 0.905. The molecule has 0 saturated heterocycles. The van der Waals surface area contributed by atoms with Gasteiger partial charge in [-0.2, -0.15) is 0 Å². The van der Waals surface area contributed by atoms with Crippen molar-refractivity contribution in [2.75, 3.05) is 7.11 Å². The highest BCUT2D eigenvalue weighted by molar-refractivity contribution is 5.45. The molecule has 0 radical (unpaired) electrons. The van der Waals surface area contributed by atoms with Crippen LogP contribution in [0, 0.1) is 6.92 Å². The summed E-state index contributed by atoms with van der Waals surface area (Å²) in [6, 6.07) is 13.6.